The molecule has 0 aromatic carbocycles. The summed E-state index contributed by atoms with van der Waals surface area (Å²) in [6.45, 7) is 12.6. The summed E-state index contributed by atoms with van der Waals surface area (Å²) in [5.74, 6) is -0.919. The zero-order valence-corrected chi connectivity index (χ0v) is 78.2. The van der Waals surface area contributed by atoms with Crippen molar-refractivity contribution in [1.82, 2.24) is 0 Å². The van der Waals surface area contributed by atoms with Crippen LogP contribution in [-0.2, 0) is 70.7 Å². The Kier molecular flexibility index (Phi) is 66.9. The Bertz CT molecular complexity index is 2620. The minimum Gasteiger partial charge on any atom is -0.463 e. The molecule has 0 radical (unpaired) electrons. The number of esters is 4. The first kappa shape index (κ1) is 113. The van der Waals surface area contributed by atoms with E-state index in [1.807, 2.05) is 0 Å². The maximum absolute atomic E-state index is 15.0. The lowest BCUT2D eigenvalue weighted by Gasteiger charge is -2.50. The van der Waals surface area contributed by atoms with Gasteiger partial charge in [-0.05, 0) is 69.1 Å². The first-order chi connectivity index (χ1) is 58.9. The van der Waals surface area contributed by atoms with Crippen LogP contribution in [0.1, 0.15) is 427 Å². The molecule has 0 aromatic heterocycles. The van der Waals surface area contributed by atoms with Gasteiger partial charge in [0.1, 0.15) is 92.6 Å². The molecular weight excluding hydrogens is 1580 g/mol. The van der Waals surface area contributed by atoms with Crippen molar-refractivity contribution in [2.75, 3.05) is 26.4 Å². The highest BCUT2D eigenvalue weighted by molar-refractivity contribution is 7.47. The van der Waals surface area contributed by atoms with Crippen molar-refractivity contribution < 1.29 is 122 Å². The molecule has 3 fully saturated rings. The first-order valence-electron chi connectivity index (χ1n) is 49.6. The fraction of sp³-hybridized carbons (Fsp3) is 0.938. The number of carbonyl (C=O) groups excluding carboxylic acids is 4. The van der Waals surface area contributed by atoms with Crippen LogP contribution in [0.4, 0.5) is 0 Å². The van der Waals surface area contributed by atoms with Crippen molar-refractivity contribution in [1.29, 1.82) is 0 Å². The lowest BCUT2D eigenvalue weighted by molar-refractivity contribution is -0.360. The van der Waals surface area contributed by atoms with Crippen LogP contribution in [-0.4, -0.2) is 205 Å². The summed E-state index contributed by atoms with van der Waals surface area (Å²) in [6.07, 6.45) is 27.6. The van der Waals surface area contributed by atoms with Gasteiger partial charge in [0.2, 0.25) is 0 Å². The summed E-state index contributed by atoms with van der Waals surface area (Å²) in [4.78, 5) is 66.8. The molecule has 0 amide bonds. The smallest absolute Gasteiger partial charge is 0.463 e. The number of phosphoric ester groups is 1. The van der Waals surface area contributed by atoms with Crippen LogP contribution >= 0.6 is 7.82 Å². The summed E-state index contributed by atoms with van der Waals surface area (Å²) in [5.41, 5.74) is 0. The summed E-state index contributed by atoms with van der Waals surface area (Å²) in [5, 5.41) is 103. The topological polar surface area (TPSA) is 380 Å². The number of ether oxygens (including phenoxy) is 8. The molecule has 122 heavy (non-hydrogen) atoms. The number of phosphoric acid groups is 1. The number of hydrogen-bond acceptors (Lipinski definition) is 24. The van der Waals surface area contributed by atoms with Crippen molar-refractivity contribution in [3.8, 4) is 0 Å². The average Bonchev–Trinajstić information content (AvgIpc) is 0.753. The van der Waals surface area contributed by atoms with Gasteiger partial charge in [-0.3, -0.25) is 28.2 Å². The van der Waals surface area contributed by atoms with Gasteiger partial charge in [-0.2, -0.15) is 0 Å². The molecule has 21 atom stereocenters. The second-order valence-electron chi connectivity index (χ2n) is 36.5. The average molecular weight is 1760 g/mol. The molecular formula is C96H179O25P. The van der Waals surface area contributed by atoms with E-state index in [-0.39, 0.29) is 25.7 Å². The number of carbonyl (C=O) groups is 4. The lowest BCUT2D eigenvalue weighted by atomic mass is 9.84. The van der Waals surface area contributed by atoms with E-state index in [2.05, 4.69) is 60.6 Å². The summed E-state index contributed by atoms with van der Waals surface area (Å²) in [6, 6.07) is 0. The molecule has 718 valence electrons. The predicted octanol–water partition coefficient (Wildman–Crippen LogP) is 19.1. The Morgan fingerprint density at radius 2 is 0.664 bits per heavy atom. The van der Waals surface area contributed by atoms with E-state index >= 15 is 0 Å². The third-order valence-electron chi connectivity index (χ3n) is 25.0. The van der Waals surface area contributed by atoms with Gasteiger partial charge < -0.3 is 88.7 Å². The molecule has 2 saturated heterocycles. The Morgan fingerprint density at radius 1 is 0.344 bits per heavy atom. The largest absolute Gasteiger partial charge is 0.472 e. The Morgan fingerprint density at radius 3 is 1.07 bits per heavy atom. The third-order valence-corrected chi connectivity index (χ3v) is 25.9. The number of unbranched alkanes of at least 4 members (excludes halogenated alkanes) is 41. The van der Waals surface area contributed by atoms with E-state index in [9.17, 15) is 74.6 Å². The molecule has 10 N–H and O–H groups in total. The minimum absolute atomic E-state index is 0.0146. The van der Waals surface area contributed by atoms with Crippen LogP contribution in [0.5, 0.6) is 0 Å². The van der Waals surface area contributed by atoms with E-state index in [0.717, 1.165) is 141 Å². The van der Waals surface area contributed by atoms with E-state index in [1.165, 1.54) is 180 Å². The molecule has 21 unspecified atom stereocenters. The highest BCUT2D eigenvalue weighted by atomic mass is 31.2. The molecule has 0 aromatic rings. The fourth-order valence-corrected chi connectivity index (χ4v) is 17.8. The maximum atomic E-state index is 15.0. The van der Waals surface area contributed by atoms with E-state index in [0.29, 0.717) is 49.9 Å². The zero-order valence-electron chi connectivity index (χ0n) is 77.3. The molecule has 0 spiro atoms. The van der Waals surface area contributed by atoms with Gasteiger partial charge in [0.05, 0.1) is 13.2 Å². The van der Waals surface area contributed by atoms with E-state index in [4.69, 9.17) is 46.9 Å². The van der Waals surface area contributed by atoms with Crippen molar-refractivity contribution in [2.45, 2.75) is 531 Å². The van der Waals surface area contributed by atoms with Gasteiger partial charge >= 0.3 is 31.7 Å². The normalized spacial score (nSPS) is 25.3. The second kappa shape index (κ2) is 72.0. The van der Waals surface area contributed by atoms with E-state index < -0.39 is 162 Å². The highest BCUT2D eigenvalue weighted by Gasteiger charge is 2.60. The second-order valence-corrected chi connectivity index (χ2v) is 37.9. The molecule has 1 aliphatic carbocycles. The Balaban J connectivity index is 1.92. The van der Waals surface area contributed by atoms with E-state index in [1.54, 1.807) is 0 Å². The predicted molar refractivity (Wildman–Crippen MR) is 476 cm³/mol. The van der Waals surface area contributed by atoms with Crippen LogP contribution < -0.4 is 0 Å². The number of aliphatic hydroxyl groups excluding tert-OH is 9. The van der Waals surface area contributed by atoms with Crippen LogP contribution in [0.25, 0.3) is 0 Å². The van der Waals surface area contributed by atoms with Gasteiger partial charge in [0.25, 0.3) is 0 Å². The molecule has 26 heteroatoms. The van der Waals surface area contributed by atoms with Crippen molar-refractivity contribution >= 4 is 31.7 Å². The summed E-state index contributed by atoms with van der Waals surface area (Å²) in [7, 11) is -5.82. The fourth-order valence-electron chi connectivity index (χ4n) is 16.8. The van der Waals surface area contributed by atoms with Gasteiger partial charge in [0, 0.05) is 25.7 Å². The van der Waals surface area contributed by atoms with Crippen molar-refractivity contribution in [2.24, 2.45) is 17.8 Å². The van der Waals surface area contributed by atoms with Gasteiger partial charge in [-0.25, -0.2) is 4.57 Å². The minimum atomic E-state index is -5.82. The lowest BCUT2D eigenvalue weighted by Crippen LogP contribution is -2.70. The zero-order chi connectivity index (χ0) is 89.4. The van der Waals surface area contributed by atoms with Crippen LogP contribution in [0.2, 0.25) is 0 Å². The summed E-state index contributed by atoms with van der Waals surface area (Å²) < 4.78 is 73.7. The molecule has 2 heterocycles. The molecule has 0 bridgehead atoms. The highest BCUT2D eigenvalue weighted by Crippen LogP contribution is 2.49. The van der Waals surface area contributed by atoms with Crippen molar-refractivity contribution in [3.05, 3.63) is 12.2 Å². The molecule has 3 aliphatic rings. The standard InChI is InChI=1S/C96H179O25P/c1-8-12-16-20-24-25-26-27-28-29-30-31-32-47-58-68-82(101)118-91-87(106)88(107)92(119-95-89(108)85(104)83(102)77(69-97)116-95)94(93(91)120-96-90(109)86(105)84(103)78(117-96)72-113-80(99)66-56-46-37-34-43-53-63-74(6)60-50-40-22-18-14-10-3)121-122(110,111)114-71-76(115-81(100)67-57-48-38-35-44-54-64-75(7)61-51-41-23-19-15-11-4)70-112-79(98)65-55-45-36-33-42-52-62-73(5)59-49-39-21-17-13-9-2/h25-26,73-78,83-97,102-109H,8-24,27-72H2,1-7H3,(H,110,111)/b26-25-. The third kappa shape index (κ3) is 52.2. The monoisotopic (exact) mass is 1760 g/mol. The number of hydrogen-bond donors (Lipinski definition) is 10. The molecule has 25 nitrogen and oxygen atoms in total. The number of allylic oxidation sites excluding steroid dienone is 2. The van der Waals surface area contributed by atoms with Crippen LogP contribution in [0.15, 0.2) is 12.2 Å². The number of rotatable bonds is 79. The van der Waals surface area contributed by atoms with Crippen LogP contribution in [0.3, 0.4) is 0 Å². The quantitative estimate of drug-likeness (QED) is 0.00889. The molecule has 2 aliphatic heterocycles. The summed E-state index contributed by atoms with van der Waals surface area (Å²) >= 11 is 0. The Labute approximate surface area is 737 Å². The first-order valence-corrected chi connectivity index (χ1v) is 51.1. The van der Waals surface area contributed by atoms with Gasteiger partial charge in [-0.15, -0.1) is 0 Å². The van der Waals surface area contributed by atoms with Crippen molar-refractivity contribution in [3.63, 3.8) is 0 Å². The number of aliphatic hydroxyl groups is 9. The SMILES string of the molecule is CCCCCC/C=C\CCCCCCCCCC(=O)OC1C(O)C(O)C(OC2OC(CO)C(O)C(O)C2O)C(OP(=O)(O)OCC(COC(=O)CCCCCCCCC(C)CCCCCCCC)OC(=O)CCCCCCCCC(C)CCCCCCCC)C1OC1OC(COC(=O)CCCCCCCCC(C)CCCCCCCC)C(O)C(O)C1O. The van der Waals surface area contributed by atoms with Crippen LogP contribution in [0, 0.1) is 17.8 Å². The Hall–Kier alpha value is -2.79. The maximum Gasteiger partial charge on any atom is 0.472 e. The van der Waals surface area contributed by atoms with Gasteiger partial charge in [-0.1, -0.05) is 362 Å². The molecule has 1 saturated carbocycles. The van der Waals surface area contributed by atoms with Gasteiger partial charge in [0.15, 0.2) is 24.8 Å². The molecule has 3 rings (SSSR count).